The van der Waals surface area contributed by atoms with E-state index < -0.39 is 35.8 Å². The second-order valence-electron chi connectivity index (χ2n) is 7.53. The number of phenolic OH excluding ortho intramolecular Hbond substituents is 1. The molecule has 0 bridgehead atoms. The first-order valence-electron chi connectivity index (χ1n) is 11.4. The van der Waals surface area contributed by atoms with Crippen LogP contribution in [0.3, 0.4) is 0 Å². The van der Waals surface area contributed by atoms with E-state index >= 15 is 0 Å². The van der Waals surface area contributed by atoms with Crippen molar-refractivity contribution in [2.75, 3.05) is 18.6 Å². The molecule has 1 aromatic carbocycles. The van der Waals surface area contributed by atoms with E-state index in [0.29, 0.717) is 10.6 Å². The summed E-state index contributed by atoms with van der Waals surface area (Å²) in [5.74, 6) is -3.52. The van der Waals surface area contributed by atoms with E-state index in [1.807, 2.05) is 0 Å². The average Bonchev–Trinajstić information content (AvgIpc) is 3.45. The Kier molecular flexibility index (Phi) is 5.70. The molecule has 0 spiro atoms. The largest absolute Gasteiger partial charge is 0.528 e. The lowest BCUT2D eigenvalue weighted by atomic mass is 10.1. The zero-order valence-electron chi connectivity index (χ0n) is 21.1. The summed E-state index contributed by atoms with van der Waals surface area (Å²) in [6.45, 7) is 4.84. The lowest BCUT2D eigenvalue weighted by Gasteiger charge is -2.29. The number of hydrogen-bond acceptors (Lipinski definition) is 8. The van der Waals surface area contributed by atoms with Gasteiger partial charge in [-0.05, 0) is 63.4 Å². The Bertz CT molecular complexity index is 824. The van der Waals surface area contributed by atoms with Gasteiger partial charge >= 0.3 is 12.1 Å². The normalized spacial score (nSPS) is 18.8. The number of thioether (sulfide) groups is 1. The Hall–Kier alpha value is -1.93. The summed E-state index contributed by atoms with van der Waals surface area (Å²) in [5.41, 5.74) is -0.486. The number of benzene rings is 1. The maximum absolute atomic E-state index is 13.0. The predicted octanol–water partition coefficient (Wildman–Crippen LogP) is 3.75. The number of hydroxylamine groups is 2. The number of carbonyl (C=O) groups excluding carboxylic acids is 2. The van der Waals surface area contributed by atoms with Crippen LogP contribution < -0.4 is 0 Å². The predicted molar refractivity (Wildman–Crippen MR) is 107 cm³/mol. The molecule has 0 aliphatic heterocycles. The van der Waals surface area contributed by atoms with Gasteiger partial charge in [-0.15, -0.1) is 16.8 Å². The number of ether oxygens (including phenoxy) is 2. The Morgan fingerprint density at radius 1 is 1.36 bits per heavy atom. The fraction of sp³-hybridized carbons (Fsp3) is 0.600. The lowest BCUT2D eigenvalue weighted by molar-refractivity contribution is -0.181. The van der Waals surface area contributed by atoms with Crippen LogP contribution in [-0.4, -0.2) is 52.6 Å². The molecule has 2 rings (SSSR count). The summed E-state index contributed by atoms with van der Waals surface area (Å²) in [4.78, 5) is 30.5. The second kappa shape index (κ2) is 10.0. The molecule has 0 heterocycles. The third kappa shape index (κ3) is 7.98. The fourth-order valence-electron chi connectivity index (χ4n) is 2.24. The van der Waals surface area contributed by atoms with Crippen LogP contribution >= 0.6 is 11.8 Å². The Morgan fingerprint density at radius 3 is 2.61 bits per heavy atom. The number of carbonyl (C=O) groups is 2. The Labute approximate surface area is 177 Å². The SMILES string of the molecule is [2H]C([2H])([2H])SC([2H])([2H])N(OC(=O)OC(C)(C)C)[C@H](Cc1ccc(O)cc1)C(=O)OCC1CC1. The monoisotopic (exact) mass is 416 g/mol. The van der Waals surface area contributed by atoms with Crippen LogP contribution in [0.4, 0.5) is 4.79 Å². The second-order valence-corrected chi connectivity index (χ2v) is 7.92. The molecule has 1 atom stereocenters. The third-order valence-corrected chi connectivity index (χ3v) is 4.05. The molecule has 1 aromatic rings. The molecule has 0 unspecified atom stereocenters. The van der Waals surface area contributed by atoms with E-state index in [2.05, 4.69) is 0 Å². The first-order valence-corrected chi connectivity index (χ1v) is 9.72. The van der Waals surface area contributed by atoms with E-state index in [-0.39, 0.29) is 36.5 Å². The minimum absolute atomic E-state index is 0.0123. The molecule has 0 radical (unpaired) electrons. The number of nitrogens with zero attached hydrogens (tertiary/aromatic N) is 1. The molecule has 0 aromatic heterocycles. The van der Waals surface area contributed by atoms with Crippen LogP contribution in [0.1, 0.15) is 46.0 Å². The summed E-state index contributed by atoms with van der Waals surface area (Å²) < 4.78 is 49.5. The maximum Gasteiger partial charge on any atom is 0.528 e. The van der Waals surface area contributed by atoms with Crippen LogP contribution in [0.5, 0.6) is 5.75 Å². The molecule has 7 nitrogen and oxygen atoms in total. The van der Waals surface area contributed by atoms with Crippen molar-refractivity contribution in [3.63, 3.8) is 0 Å². The van der Waals surface area contributed by atoms with Gasteiger partial charge in [0.05, 0.1) is 15.2 Å². The fourth-order valence-corrected chi connectivity index (χ4v) is 2.49. The van der Waals surface area contributed by atoms with Crippen molar-refractivity contribution in [3.8, 4) is 5.75 Å². The van der Waals surface area contributed by atoms with Gasteiger partial charge in [0.15, 0.2) is 0 Å². The van der Waals surface area contributed by atoms with Gasteiger partial charge in [-0.2, -0.15) is 0 Å². The number of rotatable bonds is 9. The number of hydrogen-bond donors (Lipinski definition) is 1. The minimum Gasteiger partial charge on any atom is -0.508 e. The van der Waals surface area contributed by atoms with Gasteiger partial charge in [0.25, 0.3) is 0 Å². The van der Waals surface area contributed by atoms with Crippen LogP contribution in [0.25, 0.3) is 0 Å². The highest BCUT2D eigenvalue weighted by atomic mass is 32.2. The molecule has 1 fully saturated rings. The van der Waals surface area contributed by atoms with E-state index in [9.17, 15) is 14.7 Å². The Balaban J connectivity index is 2.39. The third-order valence-electron chi connectivity index (χ3n) is 3.78. The van der Waals surface area contributed by atoms with Crippen LogP contribution in [0, 0.1) is 5.92 Å². The first kappa shape index (κ1) is 15.9. The van der Waals surface area contributed by atoms with Crippen molar-refractivity contribution in [1.29, 1.82) is 0 Å². The zero-order chi connectivity index (χ0) is 25.0. The summed E-state index contributed by atoms with van der Waals surface area (Å²) in [7, 11) is 0. The van der Waals surface area contributed by atoms with Gasteiger partial charge in [0, 0.05) is 10.5 Å². The molecular formula is C20H29NO6S. The molecular weight excluding hydrogens is 382 g/mol. The van der Waals surface area contributed by atoms with Crippen molar-refractivity contribution in [1.82, 2.24) is 5.06 Å². The standard InChI is InChI=1S/C20H29NO6S/c1-20(2,3)26-19(24)27-21(13-28-4)17(18(23)25-12-15-5-6-15)11-14-7-9-16(22)10-8-14/h7-10,15,17,22H,5-6,11-13H2,1-4H3/t17-/m1/s1/i4D3,13D2. The quantitative estimate of drug-likeness (QED) is 0.370. The van der Waals surface area contributed by atoms with Gasteiger partial charge in [-0.25, -0.2) is 4.79 Å². The summed E-state index contributed by atoms with van der Waals surface area (Å²) in [6.07, 6.45) is -2.48. The molecule has 1 N–H and O–H groups in total. The maximum atomic E-state index is 13.0. The zero-order valence-corrected chi connectivity index (χ0v) is 17.0. The van der Waals surface area contributed by atoms with E-state index in [1.54, 1.807) is 20.8 Å². The smallest absolute Gasteiger partial charge is 0.508 e. The molecule has 8 heteroatoms. The van der Waals surface area contributed by atoms with Crippen LogP contribution in [0.2, 0.25) is 0 Å². The Morgan fingerprint density at radius 2 is 2.04 bits per heavy atom. The highest BCUT2D eigenvalue weighted by Gasteiger charge is 2.34. The van der Waals surface area contributed by atoms with Crippen LogP contribution in [-0.2, 0) is 25.5 Å². The minimum atomic E-state index is -2.84. The van der Waals surface area contributed by atoms with Crippen molar-refractivity contribution in [2.45, 2.75) is 51.7 Å². The van der Waals surface area contributed by atoms with Gasteiger partial charge in [0.1, 0.15) is 17.4 Å². The number of esters is 1. The van der Waals surface area contributed by atoms with Crippen molar-refractivity contribution >= 4 is 23.9 Å². The summed E-state index contributed by atoms with van der Waals surface area (Å²) >= 11 is -0.0987. The molecule has 1 aliphatic carbocycles. The molecule has 0 amide bonds. The van der Waals surface area contributed by atoms with E-state index in [0.717, 1.165) is 12.8 Å². The number of phenols is 1. The topological polar surface area (TPSA) is 85.3 Å². The van der Waals surface area contributed by atoms with Crippen molar-refractivity contribution < 1.29 is 35.9 Å². The summed E-state index contributed by atoms with van der Waals surface area (Å²) in [6, 6.07) is 4.26. The van der Waals surface area contributed by atoms with E-state index in [1.165, 1.54) is 24.3 Å². The van der Waals surface area contributed by atoms with E-state index in [4.69, 9.17) is 21.2 Å². The molecule has 1 saturated carbocycles. The highest BCUT2D eigenvalue weighted by molar-refractivity contribution is 7.98. The molecule has 28 heavy (non-hydrogen) atoms. The van der Waals surface area contributed by atoms with Crippen LogP contribution in [0.15, 0.2) is 24.3 Å². The molecule has 0 saturated heterocycles. The average molecular weight is 417 g/mol. The highest BCUT2D eigenvalue weighted by Crippen LogP contribution is 2.29. The summed E-state index contributed by atoms with van der Waals surface area (Å²) in [5, 5.41) is 9.92. The number of aromatic hydroxyl groups is 1. The van der Waals surface area contributed by atoms with Crippen molar-refractivity contribution in [2.24, 2.45) is 5.92 Å². The van der Waals surface area contributed by atoms with Gasteiger partial charge < -0.3 is 19.4 Å². The van der Waals surface area contributed by atoms with Crippen molar-refractivity contribution in [3.05, 3.63) is 29.8 Å². The van der Waals surface area contributed by atoms with Gasteiger partial charge in [-0.1, -0.05) is 12.1 Å². The lowest BCUT2D eigenvalue weighted by Crippen LogP contribution is -2.45. The molecule has 156 valence electrons. The van der Waals surface area contributed by atoms with Gasteiger partial charge in [0.2, 0.25) is 0 Å². The van der Waals surface area contributed by atoms with Gasteiger partial charge in [-0.3, -0.25) is 4.79 Å². The first-order chi connectivity index (χ1) is 15.1. The molecule has 1 aliphatic rings.